The Morgan fingerprint density at radius 2 is 1.89 bits per heavy atom. The van der Waals surface area contributed by atoms with E-state index in [9.17, 15) is 14.0 Å². The molecule has 28 heavy (non-hydrogen) atoms. The van der Waals surface area contributed by atoms with Crippen molar-refractivity contribution in [2.75, 3.05) is 17.7 Å². The van der Waals surface area contributed by atoms with Gasteiger partial charge in [0.05, 0.1) is 23.9 Å². The minimum absolute atomic E-state index is 0.180. The van der Waals surface area contributed by atoms with Gasteiger partial charge in [-0.1, -0.05) is 11.6 Å². The Hall–Kier alpha value is -3.45. The summed E-state index contributed by atoms with van der Waals surface area (Å²) in [6.45, 7) is 0. The number of rotatable bonds is 5. The van der Waals surface area contributed by atoms with Crippen molar-refractivity contribution >= 4 is 34.8 Å². The molecule has 0 fully saturated rings. The molecule has 1 heterocycles. The fraction of sp³-hybridized carbons (Fsp3) is 0.0500. The molecule has 0 saturated carbocycles. The average Bonchev–Trinajstić information content (AvgIpc) is 2.71. The standard InChI is InChI=1S/C20H15ClFN3O3/c1-28-18-10-14(24-20(27)15-9-13(21)4-6-16(15)22)5-7-17(18)25-19(26)12-3-2-8-23-11-12/h2-11H,1H3,(H,24,27)(H,25,26). The quantitative estimate of drug-likeness (QED) is 0.667. The van der Waals surface area contributed by atoms with Crippen LogP contribution in [0.15, 0.2) is 60.9 Å². The van der Waals surface area contributed by atoms with Crippen molar-refractivity contribution in [2.45, 2.75) is 0 Å². The highest BCUT2D eigenvalue weighted by Crippen LogP contribution is 2.29. The van der Waals surface area contributed by atoms with E-state index in [0.29, 0.717) is 22.7 Å². The van der Waals surface area contributed by atoms with Crippen LogP contribution in [-0.4, -0.2) is 23.9 Å². The molecule has 3 aromatic rings. The molecule has 0 radical (unpaired) electrons. The number of amides is 2. The van der Waals surface area contributed by atoms with Crippen LogP contribution in [0.25, 0.3) is 0 Å². The molecule has 0 unspecified atom stereocenters. The number of aromatic nitrogens is 1. The number of nitrogens with one attached hydrogen (secondary N) is 2. The summed E-state index contributed by atoms with van der Waals surface area (Å²) < 4.78 is 19.1. The number of hydrogen-bond acceptors (Lipinski definition) is 4. The van der Waals surface area contributed by atoms with E-state index < -0.39 is 11.7 Å². The van der Waals surface area contributed by atoms with Gasteiger partial charge in [-0.3, -0.25) is 14.6 Å². The van der Waals surface area contributed by atoms with Crippen molar-refractivity contribution in [3.63, 3.8) is 0 Å². The first-order chi connectivity index (χ1) is 13.5. The molecule has 2 amide bonds. The highest BCUT2D eigenvalue weighted by atomic mass is 35.5. The molecule has 3 rings (SSSR count). The largest absolute Gasteiger partial charge is 0.494 e. The maximum Gasteiger partial charge on any atom is 0.258 e. The summed E-state index contributed by atoms with van der Waals surface area (Å²) in [5, 5.41) is 5.53. The van der Waals surface area contributed by atoms with Crippen molar-refractivity contribution in [3.05, 3.63) is 82.9 Å². The normalized spacial score (nSPS) is 10.2. The van der Waals surface area contributed by atoms with Crippen LogP contribution in [0.2, 0.25) is 5.02 Å². The van der Waals surface area contributed by atoms with Crippen LogP contribution in [0.5, 0.6) is 5.75 Å². The van der Waals surface area contributed by atoms with Crippen LogP contribution in [0, 0.1) is 5.82 Å². The topological polar surface area (TPSA) is 80.3 Å². The minimum atomic E-state index is -0.686. The summed E-state index contributed by atoms with van der Waals surface area (Å²) in [5.41, 5.74) is 0.975. The zero-order valence-electron chi connectivity index (χ0n) is 14.7. The number of pyridine rings is 1. The third-order valence-electron chi connectivity index (χ3n) is 3.80. The Bertz CT molecular complexity index is 1030. The number of carbonyl (C=O) groups is 2. The molecule has 142 valence electrons. The van der Waals surface area contributed by atoms with E-state index in [2.05, 4.69) is 15.6 Å². The smallest absolute Gasteiger partial charge is 0.258 e. The van der Waals surface area contributed by atoms with Gasteiger partial charge >= 0.3 is 0 Å². The molecule has 2 N–H and O–H groups in total. The number of carbonyl (C=O) groups excluding carboxylic acids is 2. The van der Waals surface area contributed by atoms with Crippen LogP contribution < -0.4 is 15.4 Å². The molecule has 0 bridgehead atoms. The number of hydrogen-bond donors (Lipinski definition) is 2. The predicted octanol–water partition coefficient (Wildman–Crippen LogP) is 4.39. The molecule has 0 spiro atoms. The SMILES string of the molecule is COc1cc(NC(=O)c2cc(Cl)ccc2F)ccc1NC(=O)c1cccnc1. The maximum absolute atomic E-state index is 13.8. The zero-order chi connectivity index (χ0) is 20.1. The van der Waals surface area contributed by atoms with Gasteiger partial charge in [0, 0.05) is 29.2 Å². The lowest BCUT2D eigenvalue weighted by Gasteiger charge is -2.13. The van der Waals surface area contributed by atoms with E-state index in [1.54, 1.807) is 30.5 Å². The van der Waals surface area contributed by atoms with Gasteiger partial charge in [0.15, 0.2) is 0 Å². The Balaban J connectivity index is 1.78. The van der Waals surface area contributed by atoms with E-state index in [0.717, 1.165) is 6.07 Å². The minimum Gasteiger partial charge on any atom is -0.494 e. The highest BCUT2D eigenvalue weighted by molar-refractivity contribution is 6.31. The third kappa shape index (κ3) is 4.44. The number of halogens is 2. The van der Waals surface area contributed by atoms with Crippen molar-refractivity contribution in [1.82, 2.24) is 4.98 Å². The lowest BCUT2D eigenvalue weighted by molar-refractivity contribution is 0.101. The lowest BCUT2D eigenvalue weighted by atomic mass is 10.2. The maximum atomic E-state index is 13.8. The lowest BCUT2D eigenvalue weighted by Crippen LogP contribution is -2.15. The molecular formula is C20H15ClFN3O3. The molecule has 1 aromatic heterocycles. The zero-order valence-corrected chi connectivity index (χ0v) is 15.5. The second kappa shape index (κ2) is 8.49. The fourth-order valence-corrected chi connectivity index (χ4v) is 2.61. The Kier molecular flexibility index (Phi) is 5.86. The van der Waals surface area contributed by atoms with E-state index >= 15 is 0 Å². The molecule has 2 aromatic carbocycles. The molecule has 8 heteroatoms. The number of nitrogens with zero attached hydrogens (tertiary/aromatic N) is 1. The van der Waals surface area contributed by atoms with Crippen LogP contribution in [0.4, 0.5) is 15.8 Å². The van der Waals surface area contributed by atoms with Crippen molar-refractivity contribution in [2.24, 2.45) is 0 Å². The third-order valence-corrected chi connectivity index (χ3v) is 4.04. The first kappa shape index (κ1) is 19.3. The number of methoxy groups -OCH3 is 1. The van der Waals surface area contributed by atoms with Crippen molar-refractivity contribution < 1.29 is 18.7 Å². The predicted molar refractivity (Wildman–Crippen MR) is 105 cm³/mol. The molecule has 0 aliphatic carbocycles. The highest BCUT2D eigenvalue weighted by Gasteiger charge is 2.15. The number of ether oxygens (including phenoxy) is 1. The summed E-state index contributed by atoms with van der Waals surface area (Å²) in [6, 6.07) is 11.6. The van der Waals surface area contributed by atoms with Gasteiger partial charge < -0.3 is 15.4 Å². The first-order valence-electron chi connectivity index (χ1n) is 8.14. The Morgan fingerprint density at radius 3 is 2.61 bits per heavy atom. The number of anilines is 2. The van der Waals surface area contributed by atoms with E-state index in [-0.39, 0.29) is 16.5 Å². The van der Waals surface area contributed by atoms with Crippen LogP contribution in [0.1, 0.15) is 20.7 Å². The van der Waals surface area contributed by atoms with Gasteiger partial charge in [0.25, 0.3) is 11.8 Å². The van der Waals surface area contributed by atoms with Crippen LogP contribution in [-0.2, 0) is 0 Å². The van der Waals surface area contributed by atoms with Gasteiger partial charge in [0.2, 0.25) is 0 Å². The molecule has 0 saturated heterocycles. The Labute approximate surface area is 165 Å². The van der Waals surface area contributed by atoms with E-state index in [4.69, 9.17) is 16.3 Å². The van der Waals surface area contributed by atoms with Crippen LogP contribution in [0.3, 0.4) is 0 Å². The van der Waals surface area contributed by atoms with Crippen molar-refractivity contribution in [3.8, 4) is 5.75 Å². The molecule has 0 aliphatic rings. The molecular weight excluding hydrogens is 385 g/mol. The summed E-state index contributed by atoms with van der Waals surface area (Å²) in [7, 11) is 1.43. The average molecular weight is 400 g/mol. The van der Waals surface area contributed by atoms with E-state index in [1.165, 1.54) is 31.5 Å². The molecule has 0 aliphatic heterocycles. The van der Waals surface area contributed by atoms with Crippen molar-refractivity contribution in [1.29, 1.82) is 0 Å². The second-order valence-corrected chi connectivity index (χ2v) is 6.13. The summed E-state index contributed by atoms with van der Waals surface area (Å²) in [4.78, 5) is 28.5. The second-order valence-electron chi connectivity index (χ2n) is 5.69. The van der Waals surface area contributed by atoms with Gasteiger partial charge in [-0.05, 0) is 42.5 Å². The Morgan fingerprint density at radius 1 is 1.07 bits per heavy atom. The van der Waals surface area contributed by atoms with Gasteiger partial charge in [-0.25, -0.2) is 4.39 Å². The first-order valence-corrected chi connectivity index (χ1v) is 8.51. The van der Waals surface area contributed by atoms with Gasteiger partial charge in [0.1, 0.15) is 11.6 Å². The van der Waals surface area contributed by atoms with E-state index in [1.807, 2.05) is 0 Å². The van der Waals surface area contributed by atoms with Gasteiger partial charge in [-0.15, -0.1) is 0 Å². The summed E-state index contributed by atoms with van der Waals surface area (Å²) >= 11 is 5.82. The van der Waals surface area contributed by atoms with Crippen LogP contribution >= 0.6 is 11.6 Å². The van der Waals surface area contributed by atoms with Gasteiger partial charge in [-0.2, -0.15) is 0 Å². The fourth-order valence-electron chi connectivity index (χ4n) is 2.43. The summed E-state index contributed by atoms with van der Waals surface area (Å²) in [6.07, 6.45) is 3.01. The summed E-state index contributed by atoms with van der Waals surface area (Å²) in [5.74, 6) is -1.38. The monoisotopic (exact) mass is 399 g/mol. The molecule has 6 nitrogen and oxygen atoms in total. The number of benzene rings is 2. The molecule has 0 atom stereocenters.